The quantitative estimate of drug-likeness (QED) is 0.747. The summed E-state index contributed by atoms with van der Waals surface area (Å²) < 4.78 is 7.85. The molecule has 0 bridgehead atoms. The van der Waals surface area contributed by atoms with Crippen LogP contribution >= 0.6 is 0 Å². The summed E-state index contributed by atoms with van der Waals surface area (Å²) >= 11 is 0. The summed E-state index contributed by atoms with van der Waals surface area (Å²) in [5, 5.41) is 8.11. The molecule has 4 heteroatoms. The topological polar surface area (TPSA) is 39.1 Å². The molecule has 1 aliphatic heterocycles. The molecule has 1 fully saturated rings. The first-order chi connectivity index (χ1) is 12.4. The van der Waals surface area contributed by atoms with E-state index in [0.717, 1.165) is 36.7 Å². The number of hydrogen-bond donors (Lipinski definition) is 1. The molecule has 4 nitrogen and oxygen atoms in total. The lowest BCUT2D eigenvalue weighted by Crippen LogP contribution is -2.28. The lowest BCUT2D eigenvalue weighted by molar-refractivity contribution is 0.277. The smallest absolute Gasteiger partial charge is 0.119 e. The second kappa shape index (κ2) is 7.53. The summed E-state index contributed by atoms with van der Waals surface area (Å²) in [5.41, 5.74) is 3.36. The van der Waals surface area contributed by atoms with Gasteiger partial charge in [-0.25, -0.2) is 0 Å². The van der Waals surface area contributed by atoms with Crippen molar-refractivity contribution in [3.05, 3.63) is 72.4 Å². The fraction of sp³-hybridized carbons (Fsp3) is 0.286. The van der Waals surface area contributed by atoms with Crippen molar-refractivity contribution in [3.8, 4) is 17.0 Å². The Balaban J connectivity index is 1.35. The van der Waals surface area contributed by atoms with Crippen LogP contribution in [0.2, 0.25) is 0 Å². The van der Waals surface area contributed by atoms with E-state index in [1.807, 2.05) is 41.2 Å². The van der Waals surface area contributed by atoms with E-state index in [1.54, 1.807) is 0 Å². The van der Waals surface area contributed by atoms with Gasteiger partial charge >= 0.3 is 0 Å². The molecule has 3 aromatic rings. The van der Waals surface area contributed by atoms with Gasteiger partial charge in [-0.15, -0.1) is 0 Å². The average Bonchev–Trinajstić information content (AvgIpc) is 3.34. The second-order valence-electron chi connectivity index (χ2n) is 6.51. The third kappa shape index (κ3) is 4.09. The normalized spacial score (nSPS) is 16.9. The van der Waals surface area contributed by atoms with E-state index in [4.69, 9.17) is 4.74 Å². The molecule has 128 valence electrons. The van der Waals surface area contributed by atoms with Crippen LogP contribution in [0.15, 0.2) is 66.9 Å². The van der Waals surface area contributed by atoms with E-state index in [-0.39, 0.29) is 0 Å². The van der Waals surface area contributed by atoms with Gasteiger partial charge in [0.2, 0.25) is 0 Å². The van der Waals surface area contributed by atoms with Crippen molar-refractivity contribution in [1.82, 2.24) is 15.1 Å². The Morgan fingerprint density at radius 1 is 1.04 bits per heavy atom. The molecule has 1 aromatic heterocycles. The lowest BCUT2D eigenvalue weighted by Gasteiger charge is -2.12. The van der Waals surface area contributed by atoms with E-state index in [1.165, 1.54) is 18.4 Å². The maximum Gasteiger partial charge on any atom is 0.119 e. The van der Waals surface area contributed by atoms with E-state index >= 15 is 0 Å². The SMILES string of the molecule is c1ccc(-c2ccn(Cc3ccc(OC[C@H]4CCCN4)cc3)n2)cc1. The fourth-order valence-electron chi connectivity index (χ4n) is 3.19. The van der Waals surface area contributed by atoms with Crippen LogP contribution in [0.25, 0.3) is 11.3 Å². The van der Waals surface area contributed by atoms with Gasteiger partial charge in [-0.1, -0.05) is 42.5 Å². The van der Waals surface area contributed by atoms with Gasteiger partial charge in [0.1, 0.15) is 12.4 Å². The first-order valence-corrected chi connectivity index (χ1v) is 8.91. The van der Waals surface area contributed by atoms with Crippen molar-refractivity contribution >= 4 is 0 Å². The maximum atomic E-state index is 5.87. The van der Waals surface area contributed by atoms with Crippen LogP contribution in [0, 0.1) is 0 Å². The van der Waals surface area contributed by atoms with Crippen molar-refractivity contribution in [2.24, 2.45) is 0 Å². The highest BCUT2D eigenvalue weighted by Gasteiger charge is 2.14. The van der Waals surface area contributed by atoms with Gasteiger partial charge in [0.15, 0.2) is 0 Å². The zero-order valence-electron chi connectivity index (χ0n) is 14.3. The standard InChI is InChI=1S/C21H23N3O/c1-2-5-18(6-3-1)21-12-14-24(23-21)15-17-8-10-20(11-9-17)25-16-19-7-4-13-22-19/h1-3,5-6,8-12,14,19,22H,4,7,13,15-16H2/t19-/m1/s1. The Bertz CT molecular complexity index is 790. The van der Waals surface area contributed by atoms with Gasteiger partial charge in [0.05, 0.1) is 12.2 Å². The minimum absolute atomic E-state index is 0.500. The van der Waals surface area contributed by atoms with Crippen LogP contribution in [-0.4, -0.2) is 29.0 Å². The highest BCUT2D eigenvalue weighted by atomic mass is 16.5. The molecule has 1 aliphatic rings. The van der Waals surface area contributed by atoms with Crippen molar-refractivity contribution in [3.63, 3.8) is 0 Å². The second-order valence-corrected chi connectivity index (χ2v) is 6.51. The highest BCUT2D eigenvalue weighted by molar-refractivity contribution is 5.58. The molecule has 1 atom stereocenters. The summed E-state index contributed by atoms with van der Waals surface area (Å²) in [7, 11) is 0. The minimum Gasteiger partial charge on any atom is -0.492 e. The van der Waals surface area contributed by atoms with Gasteiger partial charge in [-0.2, -0.15) is 5.10 Å². The Morgan fingerprint density at radius 2 is 1.88 bits per heavy atom. The van der Waals surface area contributed by atoms with Crippen LogP contribution in [0.3, 0.4) is 0 Å². The van der Waals surface area contributed by atoms with Crippen molar-refractivity contribution in [2.45, 2.75) is 25.4 Å². The molecular weight excluding hydrogens is 310 g/mol. The third-order valence-corrected chi connectivity index (χ3v) is 4.59. The number of hydrogen-bond acceptors (Lipinski definition) is 3. The molecule has 0 radical (unpaired) electrons. The molecule has 1 N–H and O–H groups in total. The van der Waals surface area contributed by atoms with E-state index in [0.29, 0.717) is 6.04 Å². The molecule has 2 aromatic carbocycles. The Morgan fingerprint density at radius 3 is 2.64 bits per heavy atom. The zero-order chi connectivity index (χ0) is 16.9. The summed E-state index contributed by atoms with van der Waals surface area (Å²) in [4.78, 5) is 0. The highest BCUT2D eigenvalue weighted by Crippen LogP contribution is 2.18. The van der Waals surface area contributed by atoms with Gasteiger partial charge in [0, 0.05) is 17.8 Å². The summed E-state index contributed by atoms with van der Waals surface area (Å²) in [6.45, 7) is 2.62. The molecule has 4 rings (SSSR count). The Hall–Kier alpha value is -2.59. The molecule has 0 unspecified atom stereocenters. The zero-order valence-corrected chi connectivity index (χ0v) is 14.3. The number of rotatable bonds is 6. The van der Waals surface area contributed by atoms with Crippen LogP contribution in [-0.2, 0) is 6.54 Å². The first kappa shape index (κ1) is 15.9. The summed E-state index contributed by atoms with van der Waals surface area (Å²) in [5.74, 6) is 0.933. The lowest BCUT2D eigenvalue weighted by atomic mass is 10.2. The first-order valence-electron chi connectivity index (χ1n) is 8.91. The number of aromatic nitrogens is 2. The van der Waals surface area contributed by atoms with Crippen molar-refractivity contribution < 1.29 is 4.74 Å². The van der Waals surface area contributed by atoms with E-state index in [2.05, 4.69) is 40.7 Å². The van der Waals surface area contributed by atoms with E-state index < -0.39 is 0 Å². The van der Waals surface area contributed by atoms with Crippen LogP contribution in [0.4, 0.5) is 0 Å². The molecule has 1 saturated heterocycles. The number of nitrogens with one attached hydrogen (secondary N) is 1. The molecule has 0 amide bonds. The third-order valence-electron chi connectivity index (χ3n) is 4.59. The number of benzene rings is 2. The largest absolute Gasteiger partial charge is 0.492 e. The predicted molar refractivity (Wildman–Crippen MR) is 99.7 cm³/mol. The van der Waals surface area contributed by atoms with Crippen LogP contribution < -0.4 is 10.1 Å². The molecule has 0 aliphatic carbocycles. The minimum atomic E-state index is 0.500. The Kier molecular flexibility index (Phi) is 4.79. The number of ether oxygens (including phenoxy) is 1. The predicted octanol–water partition coefficient (Wildman–Crippen LogP) is 3.73. The van der Waals surface area contributed by atoms with E-state index in [9.17, 15) is 0 Å². The van der Waals surface area contributed by atoms with Crippen LogP contribution in [0.5, 0.6) is 5.75 Å². The molecule has 0 saturated carbocycles. The molecule has 2 heterocycles. The van der Waals surface area contributed by atoms with Crippen molar-refractivity contribution in [1.29, 1.82) is 0 Å². The maximum absolute atomic E-state index is 5.87. The van der Waals surface area contributed by atoms with Gasteiger partial charge in [0.25, 0.3) is 0 Å². The molecule has 0 spiro atoms. The molecule has 25 heavy (non-hydrogen) atoms. The molecular formula is C21H23N3O. The van der Waals surface area contributed by atoms with Crippen LogP contribution in [0.1, 0.15) is 18.4 Å². The average molecular weight is 333 g/mol. The van der Waals surface area contributed by atoms with Crippen molar-refractivity contribution in [2.75, 3.05) is 13.2 Å². The fourth-order valence-corrected chi connectivity index (χ4v) is 3.19. The van der Waals surface area contributed by atoms with Gasteiger partial charge in [-0.05, 0) is 43.1 Å². The monoisotopic (exact) mass is 333 g/mol. The van der Waals surface area contributed by atoms with Gasteiger partial charge < -0.3 is 10.1 Å². The summed E-state index contributed by atoms with van der Waals surface area (Å²) in [6, 6.07) is 21.1. The summed E-state index contributed by atoms with van der Waals surface area (Å²) in [6.07, 6.45) is 4.49. The van der Waals surface area contributed by atoms with Gasteiger partial charge in [-0.3, -0.25) is 4.68 Å². The number of nitrogens with zero attached hydrogens (tertiary/aromatic N) is 2. The Labute approximate surface area is 148 Å².